The van der Waals surface area contributed by atoms with Crippen molar-refractivity contribution in [1.82, 2.24) is 0 Å². The Labute approximate surface area is 134 Å². The lowest BCUT2D eigenvalue weighted by molar-refractivity contribution is 0.190. The maximum absolute atomic E-state index is 9.84. The molecule has 2 aromatic rings. The molecule has 2 aromatic carbocycles. The largest absolute Gasteiger partial charge is 0.493 e. The Hall–Kier alpha value is -1.16. The molecular formula is C17H17ClO2S. The van der Waals surface area contributed by atoms with Crippen molar-refractivity contribution in [2.45, 2.75) is 23.8 Å². The van der Waals surface area contributed by atoms with E-state index in [2.05, 4.69) is 24.3 Å². The standard InChI is InChI=1S/C17H17ClO2S/c1-11(19)15-8-13(18)6-7-16(15)20-9-12-10-21-17-5-3-2-4-14(12)17/h2-8,11-12,19H,9-10H2,1H3/t11-,12?/m0/s1. The molecule has 1 aliphatic rings. The highest BCUT2D eigenvalue weighted by Crippen LogP contribution is 2.40. The molecule has 0 bridgehead atoms. The van der Waals surface area contributed by atoms with E-state index in [1.54, 1.807) is 19.1 Å². The molecule has 1 unspecified atom stereocenters. The van der Waals surface area contributed by atoms with Crippen molar-refractivity contribution < 1.29 is 9.84 Å². The highest BCUT2D eigenvalue weighted by atomic mass is 35.5. The second-order valence-electron chi connectivity index (χ2n) is 5.21. The Morgan fingerprint density at radius 2 is 2.14 bits per heavy atom. The van der Waals surface area contributed by atoms with Gasteiger partial charge in [0.1, 0.15) is 5.75 Å². The minimum atomic E-state index is -0.594. The maximum Gasteiger partial charge on any atom is 0.125 e. The molecule has 2 nitrogen and oxygen atoms in total. The molecule has 0 amide bonds. The Morgan fingerprint density at radius 3 is 2.95 bits per heavy atom. The van der Waals surface area contributed by atoms with E-state index in [1.165, 1.54) is 10.5 Å². The van der Waals surface area contributed by atoms with E-state index >= 15 is 0 Å². The summed E-state index contributed by atoms with van der Waals surface area (Å²) >= 11 is 7.86. The second kappa shape index (κ2) is 6.30. The average Bonchev–Trinajstić information content (AvgIpc) is 2.89. The van der Waals surface area contributed by atoms with Crippen LogP contribution in [0.4, 0.5) is 0 Å². The summed E-state index contributed by atoms with van der Waals surface area (Å²) in [6, 6.07) is 13.8. The van der Waals surface area contributed by atoms with Gasteiger partial charge in [-0.2, -0.15) is 0 Å². The molecular weight excluding hydrogens is 304 g/mol. The SMILES string of the molecule is C[C@H](O)c1cc(Cl)ccc1OCC1CSc2ccccc21. The van der Waals surface area contributed by atoms with Gasteiger partial charge in [0.25, 0.3) is 0 Å². The molecule has 0 radical (unpaired) electrons. The zero-order chi connectivity index (χ0) is 14.8. The molecule has 0 aliphatic carbocycles. The third-order valence-electron chi connectivity index (χ3n) is 3.66. The third kappa shape index (κ3) is 3.20. The molecule has 0 aromatic heterocycles. The number of aliphatic hydroxyl groups is 1. The minimum Gasteiger partial charge on any atom is -0.493 e. The van der Waals surface area contributed by atoms with Crippen molar-refractivity contribution in [3.05, 3.63) is 58.6 Å². The molecule has 1 aliphatic heterocycles. The van der Waals surface area contributed by atoms with Crippen LogP contribution >= 0.6 is 23.4 Å². The van der Waals surface area contributed by atoms with Crippen LogP contribution in [0.2, 0.25) is 5.02 Å². The number of rotatable bonds is 4. The zero-order valence-electron chi connectivity index (χ0n) is 11.8. The van der Waals surface area contributed by atoms with Gasteiger partial charge in [0.05, 0.1) is 12.7 Å². The van der Waals surface area contributed by atoms with Crippen LogP contribution in [0.15, 0.2) is 47.4 Å². The topological polar surface area (TPSA) is 29.5 Å². The molecule has 1 N–H and O–H groups in total. The highest BCUT2D eigenvalue weighted by molar-refractivity contribution is 7.99. The number of fused-ring (bicyclic) bond motifs is 1. The molecule has 0 spiro atoms. The van der Waals surface area contributed by atoms with Gasteiger partial charge in [0.15, 0.2) is 0 Å². The first-order valence-electron chi connectivity index (χ1n) is 6.97. The first-order valence-corrected chi connectivity index (χ1v) is 8.33. The monoisotopic (exact) mass is 320 g/mol. The van der Waals surface area contributed by atoms with Gasteiger partial charge in [0.2, 0.25) is 0 Å². The summed E-state index contributed by atoms with van der Waals surface area (Å²) in [5.74, 6) is 2.14. The maximum atomic E-state index is 9.84. The van der Waals surface area contributed by atoms with Crippen molar-refractivity contribution in [2.75, 3.05) is 12.4 Å². The van der Waals surface area contributed by atoms with Crippen molar-refractivity contribution >= 4 is 23.4 Å². The van der Waals surface area contributed by atoms with Crippen molar-refractivity contribution in [3.63, 3.8) is 0 Å². The van der Waals surface area contributed by atoms with Gasteiger partial charge in [0, 0.05) is 27.2 Å². The molecule has 3 rings (SSSR count). The highest BCUT2D eigenvalue weighted by Gasteiger charge is 2.23. The number of halogens is 1. The first-order chi connectivity index (χ1) is 10.1. The molecule has 0 fully saturated rings. The number of ether oxygens (including phenoxy) is 1. The Kier molecular flexibility index (Phi) is 4.43. The Balaban J connectivity index is 1.75. The van der Waals surface area contributed by atoms with Gasteiger partial charge < -0.3 is 9.84 Å². The lowest BCUT2D eigenvalue weighted by atomic mass is 10.0. The lowest BCUT2D eigenvalue weighted by Gasteiger charge is -2.17. The van der Waals surface area contributed by atoms with Crippen LogP contribution in [0, 0.1) is 0 Å². The average molecular weight is 321 g/mol. The molecule has 1 heterocycles. The summed E-state index contributed by atoms with van der Waals surface area (Å²) in [6.45, 7) is 2.34. The third-order valence-corrected chi connectivity index (χ3v) is 5.15. The quantitative estimate of drug-likeness (QED) is 0.888. The van der Waals surface area contributed by atoms with E-state index in [0.29, 0.717) is 23.3 Å². The van der Waals surface area contributed by atoms with E-state index in [1.807, 2.05) is 17.8 Å². The van der Waals surface area contributed by atoms with Gasteiger partial charge in [-0.05, 0) is 36.8 Å². The minimum absolute atomic E-state index is 0.392. The van der Waals surface area contributed by atoms with Crippen molar-refractivity contribution in [2.24, 2.45) is 0 Å². The normalized spacial score (nSPS) is 18.3. The summed E-state index contributed by atoms with van der Waals surface area (Å²) in [4.78, 5) is 1.35. The molecule has 21 heavy (non-hydrogen) atoms. The molecule has 110 valence electrons. The predicted octanol–water partition coefficient (Wildman–Crippen LogP) is 4.66. The van der Waals surface area contributed by atoms with Crippen LogP contribution in [0.25, 0.3) is 0 Å². The summed E-state index contributed by atoms with van der Waals surface area (Å²) in [5.41, 5.74) is 2.09. The molecule has 2 atom stereocenters. The van der Waals surface area contributed by atoms with Gasteiger partial charge in [-0.3, -0.25) is 0 Å². The summed E-state index contributed by atoms with van der Waals surface area (Å²) in [7, 11) is 0. The second-order valence-corrected chi connectivity index (χ2v) is 6.71. The van der Waals surface area contributed by atoms with Crippen molar-refractivity contribution in [3.8, 4) is 5.75 Å². The lowest BCUT2D eigenvalue weighted by Crippen LogP contribution is -2.11. The summed E-state index contributed by atoms with van der Waals surface area (Å²) in [6.07, 6.45) is -0.594. The van der Waals surface area contributed by atoms with Gasteiger partial charge >= 0.3 is 0 Å². The van der Waals surface area contributed by atoms with E-state index < -0.39 is 6.10 Å². The zero-order valence-corrected chi connectivity index (χ0v) is 13.3. The first kappa shape index (κ1) is 14.8. The fraction of sp³-hybridized carbons (Fsp3) is 0.294. The molecule has 4 heteroatoms. The van der Waals surface area contributed by atoms with Crippen LogP contribution in [0.1, 0.15) is 30.1 Å². The van der Waals surface area contributed by atoms with Crippen LogP contribution in [0.5, 0.6) is 5.75 Å². The van der Waals surface area contributed by atoms with E-state index in [4.69, 9.17) is 16.3 Å². The number of hydrogen-bond acceptors (Lipinski definition) is 3. The Bertz CT molecular complexity index is 642. The van der Waals surface area contributed by atoms with Gasteiger partial charge in [-0.15, -0.1) is 11.8 Å². The van der Waals surface area contributed by atoms with Crippen LogP contribution in [-0.4, -0.2) is 17.5 Å². The summed E-state index contributed by atoms with van der Waals surface area (Å²) < 4.78 is 5.96. The number of benzene rings is 2. The fourth-order valence-electron chi connectivity index (χ4n) is 2.53. The van der Waals surface area contributed by atoms with E-state index in [0.717, 1.165) is 11.3 Å². The van der Waals surface area contributed by atoms with E-state index in [-0.39, 0.29) is 0 Å². The summed E-state index contributed by atoms with van der Waals surface area (Å²) in [5, 5.41) is 10.4. The Morgan fingerprint density at radius 1 is 1.33 bits per heavy atom. The van der Waals surface area contributed by atoms with Crippen LogP contribution in [-0.2, 0) is 0 Å². The van der Waals surface area contributed by atoms with Crippen LogP contribution in [0.3, 0.4) is 0 Å². The molecule has 0 saturated heterocycles. The number of hydrogen-bond donors (Lipinski definition) is 1. The predicted molar refractivity (Wildman–Crippen MR) is 87.5 cm³/mol. The van der Waals surface area contributed by atoms with Gasteiger partial charge in [-0.25, -0.2) is 0 Å². The van der Waals surface area contributed by atoms with Crippen LogP contribution < -0.4 is 4.74 Å². The smallest absolute Gasteiger partial charge is 0.125 e. The fourth-order valence-corrected chi connectivity index (χ4v) is 3.95. The van der Waals surface area contributed by atoms with Crippen molar-refractivity contribution in [1.29, 1.82) is 0 Å². The molecule has 0 saturated carbocycles. The van der Waals surface area contributed by atoms with Gasteiger partial charge in [-0.1, -0.05) is 29.8 Å². The number of thioether (sulfide) groups is 1. The van der Waals surface area contributed by atoms with E-state index in [9.17, 15) is 5.11 Å². The number of aliphatic hydroxyl groups excluding tert-OH is 1.